The number of ketones is 1. The fourth-order valence-electron chi connectivity index (χ4n) is 4.72. The first-order valence-electron chi connectivity index (χ1n) is 12.3. The maximum absolute atomic E-state index is 13.3. The van der Waals surface area contributed by atoms with Gasteiger partial charge in [-0.1, -0.05) is 12.1 Å². The second-order valence-corrected chi connectivity index (χ2v) is 11.6. The Hall–Kier alpha value is -3.55. The summed E-state index contributed by atoms with van der Waals surface area (Å²) in [5.41, 5.74) is 0.174. The number of likely N-dealkylation sites (N-methyl/N-ethyl adjacent to an activating group) is 2. The number of halogens is 1. The van der Waals surface area contributed by atoms with Crippen LogP contribution < -0.4 is 14.8 Å². The van der Waals surface area contributed by atoms with Gasteiger partial charge in [-0.3, -0.25) is 18.3 Å². The maximum Gasteiger partial charge on any atom is 0.304 e. The molecule has 1 aromatic carbocycles. The van der Waals surface area contributed by atoms with Crippen LogP contribution in [0.25, 0.3) is 5.65 Å². The molecule has 11 nitrogen and oxygen atoms in total. The second-order valence-electron chi connectivity index (χ2n) is 9.63. The number of aromatic hydroxyl groups is 1. The molecule has 13 heteroatoms. The number of nitrogens with zero attached hydrogens (tertiary/aromatic N) is 6. The summed E-state index contributed by atoms with van der Waals surface area (Å²) >= 11 is 0. The Kier molecular flexibility index (Phi) is 6.84. The van der Waals surface area contributed by atoms with Crippen molar-refractivity contribution in [1.29, 1.82) is 0 Å². The van der Waals surface area contributed by atoms with E-state index in [0.29, 0.717) is 24.3 Å². The lowest BCUT2D eigenvalue weighted by Gasteiger charge is -2.34. The van der Waals surface area contributed by atoms with E-state index in [9.17, 15) is 27.5 Å². The van der Waals surface area contributed by atoms with Crippen LogP contribution in [0.3, 0.4) is 0 Å². The first-order chi connectivity index (χ1) is 18.1. The van der Waals surface area contributed by atoms with Crippen LogP contribution in [0.15, 0.2) is 41.3 Å². The lowest BCUT2D eigenvalue weighted by atomic mass is 10.1. The molecule has 2 aliphatic heterocycles. The highest BCUT2D eigenvalue weighted by Gasteiger charge is 2.36. The summed E-state index contributed by atoms with van der Waals surface area (Å²) in [5.74, 6) is -1.77. The summed E-state index contributed by atoms with van der Waals surface area (Å²) < 4.78 is 42.9. The highest BCUT2D eigenvalue weighted by Crippen LogP contribution is 2.32. The Bertz CT molecular complexity index is 1550. The molecule has 3 aromatic rings. The van der Waals surface area contributed by atoms with Crippen molar-refractivity contribution in [1.82, 2.24) is 18.6 Å². The van der Waals surface area contributed by atoms with E-state index in [0.717, 1.165) is 17.5 Å². The van der Waals surface area contributed by atoms with Crippen LogP contribution in [0.2, 0.25) is 0 Å². The Morgan fingerprint density at radius 1 is 1.05 bits per heavy atom. The molecule has 2 fully saturated rings. The van der Waals surface area contributed by atoms with Crippen molar-refractivity contribution in [3.8, 4) is 5.75 Å². The number of hydrogen-bond acceptors (Lipinski definition) is 8. The molecule has 202 valence electrons. The summed E-state index contributed by atoms with van der Waals surface area (Å²) in [6, 6.07) is 7.36. The fourth-order valence-corrected chi connectivity index (χ4v) is 6.06. The topological polar surface area (TPSA) is 119 Å². The highest BCUT2D eigenvalue weighted by atomic mass is 32.2. The van der Waals surface area contributed by atoms with Crippen LogP contribution in [0.5, 0.6) is 5.75 Å². The lowest BCUT2D eigenvalue weighted by molar-refractivity contribution is 0.0975. The van der Waals surface area contributed by atoms with Crippen molar-refractivity contribution in [2.24, 2.45) is 0 Å². The monoisotopic (exact) mass is 544 g/mol. The summed E-state index contributed by atoms with van der Waals surface area (Å²) in [7, 11) is -0.385. The number of carbonyl (C=O) groups is 1. The predicted octanol–water partition coefficient (Wildman–Crippen LogP) is 1.10. The molecule has 2 aliphatic rings. The molecule has 0 radical (unpaired) electrons. The molecule has 0 amide bonds. The number of aromatic nitrogens is 2. The third-order valence-electron chi connectivity index (χ3n) is 7.11. The van der Waals surface area contributed by atoms with Gasteiger partial charge in [-0.2, -0.15) is 12.7 Å². The van der Waals surface area contributed by atoms with Crippen molar-refractivity contribution < 1.29 is 22.7 Å². The molecule has 0 unspecified atom stereocenters. The number of piperazine rings is 1. The van der Waals surface area contributed by atoms with Crippen LogP contribution in [-0.4, -0.2) is 91.3 Å². The number of aryl methyl sites for hydroxylation is 1. The van der Waals surface area contributed by atoms with Gasteiger partial charge >= 0.3 is 15.8 Å². The zero-order valence-electron chi connectivity index (χ0n) is 21.2. The highest BCUT2D eigenvalue weighted by molar-refractivity contribution is 7.90. The zero-order chi connectivity index (χ0) is 27.2. The number of anilines is 2. The minimum atomic E-state index is -3.87. The van der Waals surface area contributed by atoms with Gasteiger partial charge in [0.2, 0.25) is 5.75 Å². The molecule has 0 spiro atoms. The summed E-state index contributed by atoms with van der Waals surface area (Å²) in [6.07, 6.45) is 1.69. The molecule has 0 bridgehead atoms. The van der Waals surface area contributed by atoms with Crippen LogP contribution in [-0.2, 0) is 16.6 Å². The van der Waals surface area contributed by atoms with Crippen molar-refractivity contribution in [2.45, 2.75) is 12.8 Å². The molecule has 0 saturated carbocycles. The number of hydrogen-bond donors (Lipinski definition) is 1. The quantitative estimate of drug-likeness (QED) is 0.459. The van der Waals surface area contributed by atoms with E-state index in [1.54, 1.807) is 18.2 Å². The standard InChI is InChI=1S/C25H29FN6O5S/c1-28-9-12-30(13-10-28)19-15-20(32-14-11-29(2)38(32,36)37)24-27-22(23(34)25(35)31(24)16-19)21(33)8-5-17-3-6-18(26)7-4-17/h3-4,6-7,15-16,34H,5,8-14H2,1-2H3. The van der Waals surface area contributed by atoms with Crippen LogP contribution in [0.4, 0.5) is 15.8 Å². The normalized spacial score (nSPS) is 18.4. The van der Waals surface area contributed by atoms with E-state index in [2.05, 4.69) is 9.88 Å². The Balaban J connectivity index is 1.60. The molecule has 2 aromatic heterocycles. The average molecular weight is 545 g/mol. The second kappa shape index (κ2) is 9.97. The molecular weight excluding hydrogens is 515 g/mol. The smallest absolute Gasteiger partial charge is 0.304 e. The van der Waals surface area contributed by atoms with Gasteiger partial charge in [-0.05, 0) is 37.2 Å². The summed E-state index contributed by atoms with van der Waals surface area (Å²) in [6.45, 7) is 3.31. The zero-order valence-corrected chi connectivity index (χ0v) is 22.0. The van der Waals surface area contributed by atoms with Crippen molar-refractivity contribution in [3.63, 3.8) is 0 Å². The number of fused-ring (bicyclic) bond motifs is 1. The van der Waals surface area contributed by atoms with E-state index >= 15 is 0 Å². The SMILES string of the molecule is CN1CCN(c2cc(N3CCN(C)S3(=O)=O)c3nc(C(=O)CCc4ccc(F)cc4)c(O)c(=O)n3c2)CC1. The third-order valence-corrected chi connectivity index (χ3v) is 9.02. The van der Waals surface area contributed by atoms with Crippen molar-refractivity contribution in [2.75, 3.05) is 62.6 Å². The number of pyridine rings is 1. The van der Waals surface area contributed by atoms with Crippen LogP contribution >= 0.6 is 0 Å². The maximum atomic E-state index is 13.3. The molecule has 1 N–H and O–H groups in total. The van der Waals surface area contributed by atoms with Crippen LogP contribution in [0.1, 0.15) is 22.5 Å². The van der Waals surface area contributed by atoms with E-state index in [-0.39, 0.29) is 37.3 Å². The van der Waals surface area contributed by atoms with Gasteiger partial charge in [0.05, 0.1) is 11.4 Å². The fraction of sp³-hybridized carbons (Fsp3) is 0.400. The van der Waals surface area contributed by atoms with Gasteiger partial charge in [0.1, 0.15) is 5.82 Å². The van der Waals surface area contributed by atoms with Gasteiger partial charge in [-0.15, -0.1) is 0 Å². The third kappa shape index (κ3) is 4.72. The molecule has 2 saturated heterocycles. The van der Waals surface area contributed by atoms with E-state index < -0.39 is 38.8 Å². The molecule has 4 heterocycles. The van der Waals surface area contributed by atoms with E-state index in [1.807, 2.05) is 11.9 Å². The number of carbonyl (C=O) groups excluding carboxylic acids is 1. The number of Topliss-reactive ketones (excluding diaryl/α,β-unsaturated/α-hetero) is 1. The largest absolute Gasteiger partial charge is 0.501 e. The summed E-state index contributed by atoms with van der Waals surface area (Å²) in [5, 5.41) is 10.7. The minimum Gasteiger partial charge on any atom is -0.501 e. The van der Waals surface area contributed by atoms with E-state index in [1.165, 1.54) is 34.0 Å². The Morgan fingerprint density at radius 2 is 1.74 bits per heavy atom. The van der Waals surface area contributed by atoms with Gasteiger partial charge in [0.25, 0.3) is 0 Å². The molecule has 5 rings (SSSR count). The first-order valence-corrected chi connectivity index (χ1v) is 13.7. The average Bonchev–Trinajstić information content (AvgIpc) is 3.17. The Labute approximate surface area is 219 Å². The van der Waals surface area contributed by atoms with Gasteiger partial charge in [0, 0.05) is 58.9 Å². The van der Waals surface area contributed by atoms with Crippen LogP contribution in [0, 0.1) is 5.82 Å². The van der Waals surface area contributed by atoms with Gasteiger partial charge < -0.3 is 14.9 Å². The van der Waals surface area contributed by atoms with Crippen molar-refractivity contribution >= 4 is 33.0 Å². The first kappa shape index (κ1) is 26.1. The number of benzene rings is 1. The lowest BCUT2D eigenvalue weighted by Crippen LogP contribution is -2.44. The molecule has 38 heavy (non-hydrogen) atoms. The molecule has 0 aliphatic carbocycles. The Morgan fingerprint density at radius 3 is 2.37 bits per heavy atom. The van der Waals surface area contributed by atoms with E-state index in [4.69, 9.17) is 0 Å². The molecular formula is C25H29FN6O5S. The number of rotatable bonds is 6. The van der Waals surface area contributed by atoms with Crippen molar-refractivity contribution in [3.05, 3.63) is 64.0 Å². The van der Waals surface area contributed by atoms with Gasteiger partial charge in [0.15, 0.2) is 17.1 Å². The van der Waals surface area contributed by atoms with Gasteiger partial charge in [-0.25, -0.2) is 9.37 Å². The predicted molar refractivity (Wildman–Crippen MR) is 141 cm³/mol. The molecule has 0 atom stereocenters. The minimum absolute atomic E-state index is 0.0327. The summed E-state index contributed by atoms with van der Waals surface area (Å²) in [4.78, 5) is 34.9.